The van der Waals surface area contributed by atoms with Gasteiger partial charge in [-0.1, -0.05) is 0 Å². The van der Waals surface area contributed by atoms with Crippen molar-refractivity contribution in [1.29, 1.82) is 0 Å². The van der Waals surface area contributed by atoms with Crippen molar-refractivity contribution in [3.63, 3.8) is 0 Å². The van der Waals surface area contributed by atoms with Crippen molar-refractivity contribution in [2.45, 2.75) is 31.7 Å². The Hall–Kier alpha value is -0.320. The van der Waals surface area contributed by atoms with E-state index in [1.54, 1.807) is 0 Å². The third-order valence-corrected chi connectivity index (χ3v) is 3.22. The summed E-state index contributed by atoms with van der Waals surface area (Å²) in [6.45, 7) is 3.28. The molecule has 0 aromatic rings. The van der Waals surface area contributed by atoms with Gasteiger partial charge in [0.2, 0.25) is 5.91 Å². The van der Waals surface area contributed by atoms with Crippen LogP contribution in [0.5, 0.6) is 0 Å². The van der Waals surface area contributed by atoms with E-state index in [2.05, 4.69) is 10.6 Å². The molecule has 2 fully saturated rings. The molecular formula is C11H21ClN2O2. The van der Waals surface area contributed by atoms with Gasteiger partial charge >= 0.3 is 0 Å². The third-order valence-electron chi connectivity index (χ3n) is 3.22. The van der Waals surface area contributed by atoms with Gasteiger partial charge in [0.05, 0.1) is 12.5 Å². The summed E-state index contributed by atoms with van der Waals surface area (Å²) in [7, 11) is 0. The van der Waals surface area contributed by atoms with E-state index in [0.717, 1.165) is 32.5 Å². The lowest BCUT2D eigenvalue weighted by molar-refractivity contribution is -0.129. The average molecular weight is 249 g/mol. The number of carbonyl (C=O) groups excluding carboxylic acids is 1. The van der Waals surface area contributed by atoms with E-state index in [0.29, 0.717) is 12.6 Å². The van der Waals surface area contributed by atoms with Gasteiger partial charge in [-0.25, -0.2) is 0 Å². The van der Waals surface area contributed by atoms with Gasteiger partial charge in [-0.2, -0.15) is 0 Å². The second kappa shape index (κ2) is 7.09. The number of hydrogen-bond donors (Lipinski definition) is 2. The van der Waals surface area contributed by atoms with E-state index < -0.39 is 0 Å². The van der Waals surface area contributed by atoms with Crippen LogP contribution in [0.1, 0.15) is 25.7 Å². The molecular weight excluding hydrogens is 228 g/mol. The molecule has 2 atom stereocenters. The van der Waals surface area contributed by atoms with Crippen LogP contribution in [0.4, 0.5) is 0 Å². The van der Waals surface area contributed by atoms with Crippen LogP contribution in [-0.2, 0) is 9.53 Å². The molecule has 2 N–H and O–H groups in total. The first kappa shape index (κ1) is 13.7. The van der Waals surface area contributed by atoms with E-state index in [1.165, 1.54) is 12.8 Å². The highest BCUT2D eigenvalue weighted by molar-refractivity contribution is 5.85. The lowest BCUT2D eigenvalue weighted by Gasteiger charge is -2.22. The number of nitrogens with one attached hydrogen (secondary N) is 2. The van der Waals surface area contributed by atoms with Crippen molar-refractivity contribution in [3.05, 3.63) is 0 Å². The maximum atomic E-state index is 11.7. The summed E-state index contributed by atoms with van der Waals surface area (Å²) in [5.74, 6) is 0.253. The highest BCUT2D eigenvalue weighted by atomic mass is 35.5. The number of halogens is 1. The van der Waals surface area contributed by atoms with Crippen molar-refractivity contribution >= 4 is 18.3 Å². The summed E-state index contributed by atoms with van der Waals surface area (Å²) >= 11 is 0. The first-order chi connectivity index (χ1) is 7.36. The SMILES string of the molecule is Cl.O=C(NCC1CCCN1)C1CCCOC1. The zero-order chi connectivity index (χ0) is 10.5. The summed E-state index contributed by atoms with van der Waals surface area (Å²) in [6, 6.07) is 0.485. The van der Waals surface area contributed by atoms with E-state index in [4.69, 9.17) is 4.74 Å². The Balaban J connectivity index is 0.00000128. The monoisotopic (exact) mass is 248 g/mol. The highest BCUT2D eigenvalue weighted by Gasteiger charge is 2.22. The Morgan fingerprint density at radius 2 is 2.25 bits per heavy atom. The van der Waals surface area contributed by atoms with E-state index in [1.807, 2.05) is 0 Å². The topological polar surface area (TPSA) is 50.4 Å². The highest BCUT2D eigenvalue weighted by Crippen LogP contribution is 2.13. The molecule has 2 heterocycles. The van der Waals surface area contributed by atoms with Crippen LogP contribution < -0.4 is 10.6 Å². The van der Waals surface area contributed by atoms with E-state index in [9.17, 15) is 4.79 Å². The molecule has 16 heavy (non-hydrogen) atoms. The minimum absolute atomic E-state index is 0. The molecule has 0 aromatic heterocycles. The van der Waals surface area contributed by atoms with Crippen LogP contribution in [0.3, 0.4) is 0 Å². The Morgan fingerprint density at radius 3 is 2.88 bits per heavy atom. The molecule has 0 aliphatic carbocycles. The largest absolute Gasteiger partial charge is 0.381 e. The van der Waals surface area contributed by atoms with Crippen molar-refractivity contribution in [2.24, 2.45) is 5.92 Å². The number of hydrogen-bond acceptors (Lipinski definition) is 3. The molecule has 2 saturated heterocycles. The predicted molar refractivity (Wildman–Crippen MR) is 64.8 cm³/mol. The van der Waals surface area contributed by atoms with Crippen molar-refractivity contribution in [1.82, 2.24) is 10.6 Å². The first-order valence-electron chi connectivity index (χ1n) is 5.95. The molecule has 1 amide bonds. The fraction of sp³-hybridized carbons (Fsp3) is 0.909. The molecule has 0 aromatic carbocycles. The Kier molecular flexibility index (Phi) is 6.09. The smallest absolute Gasteiger partial charge is 0.225 e. The molecule has 5 heteroatoms. The number of ether oxygens (including phenoxy) is 1. The summed E-state index contributed by atoms with van der Waals surface area (Å²) in [5.41, 5.74) is 0. The van der Waals surface area contributed by atoms with Gasteiger partial charge in [0, 0.05) is 19.2 Å². The van der Waals surface area contributed by atoms with Crippen LogP contribution >= 0.6 is 12.4 Å². The number of amides is 1. The van der Waals surface area contributed by atoms with Gasteiger partial charge in [0.1, 0.15) is 0 Å². The van der Waals surface area contributed by atoms with E-state index in [-0.39, 0.29) is 24.2 Å². The maximum Gasteiger partial charge on any atom is 0.225 e. The minimum Gasteiger partial charge on any atom is -0.381 e. The summed E-state index contributed by atoms with van der Waals surface area (Å²) in [5, 5.41) is 6.38. The molecule has 2 unspecified atom stereocenters. The van der Waals surface area contributed by atoms with Crippen LogP contribution in [0.2, 0.25) is 0 Å². The van der Waals surface area contributed by atoms with Crippen LogP contribution in [0, 0.1) is 5.92 Å². The van der Waals surface area contributed by atoms with Crippen LogP contribution in [-0.4, -0.2) is 38.3 Å². The quantitative estimate of drug-likeness (QED) is 0.773. The van der Waals surface area contributed by atoms with Gasteiger partial charge in [0.15, 0.2) is 0 Å². The molecule has 2 aliphatic rings. The molecule has 0 radical (unpaired) electrons. The summed E-state index contributed by atoms with van der Waals surface area (Å²) in [4.78, 5) is 11.7. The fourth-order valence-corrected chi connectivity index (χ4v) is 2.25. The van der Waals surface area contributed by atoms with Crippen molar-refractivity contribution in [2.75, 3.05) is 26.3 Å². The molecule has 4 nitrogen and oxygen atoms in total. The number of rotatable bonds is 3. The van der Waals surface area contributed by atoms with Gasteiger partial charge in [-0.3, -0.25) is 4.79 Å². The normalized spacial score (nSPS) is 29.5. The maximum absolute atomic E-state index is 11.7. The first-order valence-corrected chi connectivity index (χ1v) is 5.95. The van der Waals surface area contributed by atoms with Gasteiger partial charge in [-0.15, -0.1) is 12.4 Å². The Morgan fingerprint density at radius 1 is 1.38 bits per heavy atom. The van der Waals surface area contributed by atoms with Gasteiger partial charge in [0.25, 0.3) is 0 Å². The third kappa shape index (κ3) is 3.92. The molecule has 0 bridgehead atoms. The average Bonchev–Trinajstić information content (AvgIpc) is 2.80. The lowest BCUT2D eigenvalue weighted by Crippen LogP contribution is -2.41. The van der Waals surface area contributed by atoms with Gasteiger partial charge < -0.3 is 15.4 Å². The molecule has 0 spiro atoms. The predicted octanol–water partition coefficient (Wildman–Crippen LogP) is 0.703. The molecule has 94 valence electrons. The Labute approximate surface area is 103 Å². The van der Waals surface area contributed by atoms with Crippen molar-refractivity contribution < 1.29 is 9.53 Å². The summed E-state index contributed by atoms with van der Waals surface area (Å²) in [6.07, 6.45) is 4.40. The van der Waals surface area contributed by atoms with Crippen LogP contribution in [0.15, 0.2) is 0 Å². The van der Waals surface area contributed by atoms with Crippen molar-refractivity contribution in [3.8, 4) is 0 Å². The second-order valence-corrected chi connectivity index (χ2v) is 4.45. The fourth-order valence-electron chi connectivity index (χ4n) is 2.25. The van der Waals surface area contributed by atoms with E-state index >= 15 is 0 Å². The lowest BCUT2D eigenvalue weighted by atomic mass is 10.0. The zero-order valence-corrected chi connectivity index (χ0v) is 10.4. The van der Waals surface area contributed by atoms with Gasteiger partial charge in [-0.05, 0) is 32.2 Å². The minimum atomic E-state index is 0. The molecule has 0 saturated carbocycles. The molecule has 2 aliphatic heterocycles. The Bertz CT molecular complexity index is 214. The standard InChI is InChI=1S/C11H20N2O2.ClH/c14-11(9-3-2-6-15-8-9)13-7-10-4-1-5-12-10;/h9-10,12H,1-8H2,(H,13,14);1H. The zero-order valence-electron chi connectivity index (χ0n) is 9.54. The molecule has 2 rings (SSSR count). The van der Waals surface area contributed by atoms with Crippen LogP contribution in [0.25, 0.3) is 0 Å². The second-order valence-electron chi connectivity index (χ2n) is 4.45. The number of carbonyl (C=O) groups is 1. The summed E-state index contributed by atoms with van der Waals surface area (Å²) < 4.78 is 5.30.